The number of nitrogens with zero attached hydrogens (tertiary/aromatic N) is 4. The molecule has 0 bridgehead atoms. The number of rotatable bonds is 8. The van der Waals surface area contributed by atoms with Gasteiger partial charge in [0.25, 0.3) is 5.56 Å². The quantitative estimate of drug-likeness (QED) is 0.190. The minimum atomic E-state index is -1.44. The second-order valence-electron chi connectivity index (χ2n) is 7.41. The molecule has 2 aromatic heterocycles. The minimum absolute atomic E-state index is 0.00616. The Morgan fingerprint density at radius 2 is 2.12 bits per heavy atom. The van der Waals surface area contributed by atoms with Crippen LogP contribution in [-0.4, -0.2) is 72.6 Å². The molecule has 0 amide bonds. The monoisotopic (exact) mass is 459 g/mol. The molecular weight excluding hydrogens is 434 g/mol. The van der Waals surface area contributed by atoms with Gasteiger partial charge in [0.2, 0.25) is 11.9 Å². The molecule has 1 aromatic carbocycles. The lowest BCUT2D eigenvalue weighted by atomic mass is 10.1. The van der Waals surface area contributed by atoms with Crippen LogP contribution in [0.3, 0.4) is 0 Å². The molecule has 13 nitrogen and oxygen atoms in total. The van der Waals surface area contributed by atoms with Crippen molar-refractivity contribution in [3.63, 3.8) is 0 Å². The lowest BCUT2D eigenvalue weighted by molar-refractivity contribution is -0.0501. The number of imidazole rings is 1. The number of aliphatic hydroxyl groups is 3. The normalized spacial score (nSPS) is 22.9. The number of benzene rings is 1. The standard InChI is InChI=1S/C20H25N7O6/c1-2-7-32-11-6-4-3-5-10(11)8-22-26-20-23-13-16(24-19(21)25-17(13)31)27(20)18-15(30)14(29)12(9-28)33-18/h3-6,8,12,14-15,18,28-30H,2,7,9H2,1H3,(H,23,26)(H3,21,24,25,31)/b22-8+. The number of H-pyrrole nitrogens is 1. The van der Waals surface area contributed by atoms with Gasteiger partial charge in [-0.25, -0.2) is 10.4 Å². The van der Waals surface area contributed by atoms with E-state index in [2.05, 4.69) is 25.5 Å². The summed E-state index contributed by atoms with van der Waals surface area (Å²) in [5, 5.41) is 34.3. The Hall–Kier alpha value is -3.52. The number of aromatic nitrogens is 4. The fourth-order valence-electron chi connectivity index (χ4n) is 3.50. The van der Waals surface area contributed by atoms with Gasteiger partial charge >= 0.3 is 0 Å². The first kappa shape index (κ1) is 22.7. The van der Waals surface area contributed by atoms with Crippen LogP contribution < -0.4 is 21.5 Å². The molecule has 0 radical (unpaired) electrons. The highest BCUT2D eigenvalue weighted by Crippen LogP contribution is 2.34. The van der Waals surface area contributed by atoms with Crippen LogP contribution >= 0.6 is 0 Å². The lowest BCUT2D eigenvalue weighted by Crippen LogP contribution is -2.33. The summed E-state index contributed by atoms with van der Waals surface area (Å²) < 4.78 is 12.6. The molecule has 13 heteroatoms. The van der Waals surface area contributed by atoms with Crippen molar-refractivity contribution in [1.82, 2.24) is 19.5 Å². The molecule has 1 aliphatic rings. The zero-order chi connectivity index (χ0) is 23.5. The number of hydrogen-bond donors (Lipinski definition) is 6. The van der Waals surface area contributed by atoms with E-state index in [4.69, 9.17) is 15.2 Å². The van der Waals surface area contributed by atoms with Crippen LogP contribution in [0.25, 0.3) is 11.2 Å². The van der Waals surface area contributed by atoms with Crippen molar-refractivity contribution in [1.29, 1.82) is 0 Å². The average molecular weight is 459 g/mol. The Morgan fingerprint density at radius 1 is 1.33 bits per heavy atom. The number of ether oxygens (including phenoxy) is 2. The molecule has 4 atom stereocenters. The molecule has 33 heavy (non-hydrogen) atoms. The number of aromatic amines is 1. The zero-order valence-electron chi connectivity index (χ0n) is 17.8. The predicted octanol–water partition coefficient (Wildman–Crippen LogP) is -0.452. The lowest BCUT2D eigenvalue weighted by Gasteiger charge is -2.18. The van der Waals surface area contributed by atoms with E-state index < -0.39 is 36.7 Å². The molecule has 4 rings (SSSR count). The number of nitrogen functional groups attached to an aromatic ring is 1. The van der Waals surface area contributed by atoms with E-state index in [0.29, 0.717) is 17.9 Å². The van der Waals surface area contributed by atoms with E-state index in [1.165, 1.54) is 10.8 Å². The number of anilines is 2. The third-order valence-electron chi connectivity index (χ3n) is 5.09. The van der Waals surface area contributed by atoms with Crippen LogP contribution in [0.5, 0.6) is 5.75 Å². The van der Waals surface area contributed by atoms with Crippen LogP contribution in [0.1, 0.15) is 25.1 Å². The maximum Gasteiger partial charge on any atom is 0.280 e. The summed E-state index contributed by atoms with van der Waals surface area (Å²) in [6.45, 7) is 2.03. The van der Waals surface area contributed by atoms with Crippen LogP contribution in [0, 0.1) is 0 Å². The van der Waals surface area contributed by atoms with Crippen molar-refractivity contribution in [2.24, 2.45) is 5.10 Å². The van der Waals surface area contributed by atoms with Crippen molar-refractivity contribution in [2.75, 3.05) is 24.4 Å². The molecule has 176 valence electrons. The van der Waals surface area contributed by atoms with Gasteiger partial charge < -0.3 is 30.5 Å². The van der Waals surface area contributed by atoms with Crippen molar-refractivity contribution >= 4 is 29.3 Å². The summed E-state index contributed by atoms with van der Waals surface area (Å²) in [6, 6.07) is 7.32. The summed E-state index contributed by atoms with van der Waals surface area (Å²) in [4.78, 5) is 23.0. The van der Waals surface area contributed by atoms with Gasteiger partial charge in [-0.15, -0.1) is 0 Å². The Bertz CT molecular complexity index is 1210. The van der Waals surface area contributed by atoms with Crippen molar-refractivity contribution in [2.45, 2.75) is 37.9 Å². The largest absolute Gasteiger partial charge is 0.493 e. The number of para-hydroxylation sites is 1. The second kappa shape index (κ2) is 9.54. The average Bonchev–Trinajstić information content (AvgIpc) is 3.30. The number of nitrogens with two attached hydrogens (primary N) is 1. The van der Waals surface area contributed by atoms with E-state index in [0.717, 1.165) is 6.42 Å². The second-order valence-corrected chi connectivity index (χ2v) is 7.41. The topological polar surface area (TPSA) is 193 Å². The van der Waals surface area contributed by atoms with Gasteiger partial charge in [0.1, 0.15) is 24.1 Å². The SMILES string of the molecule is CCCOc1ccccc1/C=N/Nc1nc2c(=O)[nH]c(N)nc2n1C1OC(CO)C(O)C1O. The molecule has 4 unspecified atom stereocenters. The number of hydrogen-bond acceptors (Lipinski definition) is 11. The first-order valence-electron chi connectivity index (χ1n) is 10.4. The van der Waals surface area contributed by atoms with Crippen LogP contribution in [0.2, 0.25) is 0 Å². The van der Waals surface area contributed by atoms with E-state index in [-0.39, 0.29) is 23.1 Å². The molecule has 1 saturated heterocycles. The van der Waals surface area contributed by atoms with Gasteiger partial charge in [0, 0.05) is 5.56 Å². The summed E-state index contributed by atoms with van der Waals surface area (Å²) in [5.41, 5.74) is 8.44. The van der Waals surface area contributed by atoms with Gasteiger partial charge in [-0.05, 0) is 18.6 Å². The summed E-state index contributed by atoms with van der Waals surface area (Å²) in [6.07, 6.45) is -2.69. The summed E-state index contributed by atoms with van der Waals surface area (Å²) >= 11 is 0. The van der Waals surface area contributed by atoms with Crippen LogP contribution in [0.15, 0.2) is 34.2 Å². The zero-order valence-corrected chi connectivity index (χ0v) is 17.8. The van der Waals surface area contributed by atoms with Gasteiger partial charge in [0.15, 0.2) is 17.4 Å². The van der Waals surface area contributed by atoms with E-state index >= 15 is 0 Å². The first-order chi connectivity index (χ1) is 15.9. The van der Waals surface area contributed by atoms with Crippen LogP contribution in [0.4, 0.5) is 11.9 Å². The highest BCUT2D eigenvalue weighted by molar-refractivity contribution is 5.84. The number of hydrazone groups is 1. The predicted molar refractivity (Wildman–Crippen MR) is 119 cm³/mol. The number of nitrogens with one attached hydrogen (secondary N) is 2. The van der Waals surface area contributed by atoms with Crippen molar-refractivity contribution in [3.8, 4) is 5.75 Å². The molecule has 3 heterocycles. The molecule has 7 N–H and O–H groups in total. The fraction of sp³-hybridized carbons (Fsp3) is 0.400. The van der Waals surface area contributed by atoms with Crippen LogP contribution in [-0.2, 0) is 4.74 Å². The van der Waals surface area contributed by atoms with Crippen molar-refractivity contribution in [3.05, 3.63) is 40.2 Å². The maximum atomic E-state index is 12.4. The van der Waals surface area contributed by atoms with Gasteiger partial charge in [-0.1, -0.05) is 19.1 Å². The Kier molecular flexibility index (Phi) is 6.55. The highest BCUT2D eigenvalue weighted by atomic mass is 16.6. The summed E-state index contributed by atoms with van der Waals surface area (Å²) in [5.74, 6) is 0.483. The van der Waals surface area contributed by atoms with Gasteiger partial charge in [0.05, 0.1) is 19.4 Å². The maximum absolute atomic E-state index is 12.4. The first-order valence-corrected chi connectivity index (χ1v) is 10.4. The molecule has 0 saturated carbocycles. The smallest absolute Gasteiger partial charge is 0.280 e. The van der Waals surface area contributed by atoms with Gasteiger partial charge in [-0.2, -0.15) is 10.1 Å². The van der Waals surface area contributed by atoms with E-state index in [9.17, 15) is 20.1 Å². The van der Waals surface area contributed by atoms with Gasteiger partial charge in [-0.3, -0.25) is 14.3 Å². The molecule has 0 spiro atoms. The molecule has 0 aliphatic carbocycles. The number of fused-ring (bicyclic) bond motifs is 1. The van der Waals surface area contributed by atoms with E-state index in [1.54, 1.807) is 0 Å². The Morgan fingerprint density at radius 3 is 2.85 bits per heavy atom. The molecule has 1 fully saturated rings. The molecule has 3 aromatic rings. The number of aliphatic hydroxyl groups excluding tert-OH is 3. The van der Waals surface area contributed by atoms with Crippen molar-refractivity contribution < 1.29 is 24.8 Å². The third-order valence-corrected chi connectivity index (χ3v) is 5.09. The Balaban J connectivity index is 1.71. The fourth-order valence-corrected chi connectivity index (χ4v) is 3.50. The third kappa shape index (κ3) is 4.39. The highest BCUT2D eigenvalue weighted by Gasteiger charge is 2.45. The molecule has 1 aliphatic heterocycles. The minimum Gasteiger partial charge on any atom is -0.493 e. The molecular formula is C20H25N7O6. The van der Waals surface area contributed by atoms with E-state index in [1.807, 2.05) is 31.2 Å². The Labute approximate surface area is 187 Å². The summed E-state index contributed by atoms with van der Waals surface area (Å²) in [7, 11) is 0.